The number of urea groups is 1. The lowest BCUT2D eigenvalue weighted by atomic mass is 9.99. The summed E-state index contributed by atoms with van der Waals surface area (Å²) in [5.74, 6) is -1.32. The summed E-state index contributed by atoms with van der Waals surface area (Å²) in [5, 5.41) is 9.15. The van der Waals surface area contributed by atoms with Crippen LogP contribution in [0.3, 0.4) is 0 Å². The van der Waals surface area contributed by atoms with Crippen molar-refractivity contribution in [2.45, 2.75) is 19.9 Å². The second-order valence-electron chi connectivity index (χ2n) is 8.17. The summed E-state index contributed by atoms with van der Waals surface area (Å²) in [7, 11) is 0. The third-order valence-corrected chi connectivity index (χ3v) is 5.90. The van der Waals surface area contributed by atoms with Gasteiger partial charge in [0.15, 0.2) is 0 Å². The van der Waals surface area contributed by atoms with E-state index in [9.17, 15) is 13.6 Å². The van der Waals surface area contributed by atoms with E-state index in [2.05, 4.69) is 16.0 Å². The molecule has 3 N–H and O–H groups in total. The second-order valence-corrected chi connectivity index (χ2v) is 8.57. The third kappa shape index (κ3) is 6.58. The maximum atomic E-state index is 13.9. The Kier molecular flexibility index (Phi) is 7.63. The van der Waals surface area contributed by atoms with Crippen LogP contribution in [-0.4, -0.2) is 6.03 Å². The lowest BCUT2D eigenvalue weighted by Crippen LogP contribution is -2.28. The van der Waals surface area contributed by atoms with Gasteiger partial charge in [0.05, 0.1) is 5.69 Å². The highest BCUT2D eigenvalue weighted by Gasteiger charge is 2.10. The van der Waals surface area contributed by atoms with Gasteiger partial charge in [-0.05, 0) is 72.0 Å². The molecule has 0 saturated heterocycles. The van der Waals surface area contributed by atoms with Gasteiger partial charge in [0.1, 0.15) is 11.6 Å². The van der Waals surface area contributed by atoms with Crippen molar-refractivity contribution in [2.24, 2.45) is 0 Å². The van der Waals surface area contributed by atoms with E-state index in [0.717, 1.165) is 28.3 Å². The van der Waals surface area contributed by atoms with E-state index in [1.165, 1.54) is 12.1 Å². The van der Waals surface area contributed by atoms with Crippen molar-refractivity contribution in [3.8, 4) is 0 Å². The van der Waals surface area contributed by atoms with Crippen molar-refractivity contribution in [3.05, 3.63) is 124 Å². The average Bonchev–Trinajstić information content (AvgIpc) is 2.84. The van der Waals surface area contributed by atoms with Gasteiger partial charge in [0.25, 0.3) is 0 Å². The third-order valence-electron chi connectivity index (χ3n) is 5.55. The van der Waals surface area contributed by atoms with E-state index in [0.29, 0.717) is 29.4 Å². The standard InChI is InChI=1S/C28H24ClF2N3O/c1-18-7-10-23(34-28(35)32-17-19-5-3-2-4-6-19)14-21(18)13-20-8-11-24(16-25(20)29)33-27-12-9-22(30)15-26(27)31/h2-12,14-16,33H,13,17H2,1H3,(H2,32,34,35). The minimum absolute atomic E-state index is 0.162. The minimum atomic E-state index is -0.682. The number of rotatable bonds is 7. The van der Waals surface area contributed by atoms with Crippen LogP contribution >= 0.6 is 11.6 Å². The van der Waals surface area contributed by atoms with Gasteiger partial charge in [-0.2, -0.15) is 0 Å². The molecule has 0 heterocycles. The number of benzene rings is 4. The number of anilines is 3. The molecule has 4 aromatic carbocycles. The Morgan fingerprint density at radius 3 is 2.37 bits per heavy atom. The number of hydrogen-bond acceptors (Lipinski definition) is 2. The van der Waals surface area contributed by atoms with Crippen molar-refractivity contribution < 1.29 is 13.6 Å². The van der Waals surface area contributed by atoms with Gasteiger partial charge in [-0.1, -0.05) is 54.1 Å². The summed E-state index contributed by atoms with van der Waals surface area (Å²) in [6.07, 6.45) is 0.553. The number of carbonyl (C=O) groups is 1. The van der Waals surface area contributed by atoms with E-state index in [1.54, 1.807) is 12.1 Å². The Bertz CT molecular complexity index is 1350. The summed E-state index contributed by atoms with van der Waals surface area (Å²) < 4.78 is 27.1. The summed E-state index contributed by atoms with van der Waals surface area (Å²) in [6.45, 7) is 2.43. The first-order valence-corrected chi connectivity index (χ1v) is 11.4. The van der Waals surface area contributed by atoms with Crippen molar-refractivity contribution in [3.63, 3.8) is 0 Å². The van der Waals surface area contributed by atoms with Gasteiger partial charge in [0.2, 0.25) is 0 Å². The number of amides is 2. The van der Waals surface area contributed by atoms with Crippen LogP contribution in [0.1, 0.15) is 22.3 Å². The Balaban J connectivity index is 1.42. The maximum absolute atomic E-state index is 13.9. The molecule has 0 aliphatic rings. The molecule has 0 radical (unpaired) electrons. The second kappa shape index (κ2) is 11.0. The predicted octanol–water partition coefficient (Wildman–Crippen LogP) is 7.58. The lowest BCUT2D eigenvalue weighted by Gasteiger charge is -2.13. The molecule has 178 valence electrons. The first kappa shape index (κ1) is 24.2. The van der Waals surface area contributed by atoms with Crippen LogP contribution in [0.4, 0.5) is 30.6 Å². The topological polar surface area (TPSA) is 53.2 Å². The van der Waals surface area contributed by atoms with Crippen LogP contribution in [0.25, 0.3) is 0 Å². The summed E-state index contributed by atoms with van der Waals surface area (Å²) in [4.78, 5) is 12.3. The van der Waals surface area contributed by atoms with Crippen molar-refractivity contribution in [1.82, 2.24) is 5.32 Å². The molecule has 0 fully saturated rings. The zero-order chi connectivity index (χ0) is 24.8. The average molecular weight is 492 g/mol. The fourth-order valence-corrected chi connectivity index (χ4v) is 3.86. The van der Waals surface area contributed by atoms with Crippen LogP contribution in [-0.2, 0) is 13.0 Å². The molecule has 2 amide bonds. The molecule has 7 heteroatoms. The van der Waals surface area contributed by atoms with Gasteiger partial charge < -0.3 is 16.0 Å². The van der Waals surface area contributed by atoms with Crippen molar-refractivity contribution >= 4 is 34.7 Å². The van der Waals surface area contributed by atoms with Crippen LogP contribution in [0, 0.1) is 18.6 Å². The highest BCUT2D eigenvalue weighted by atomic mass is 35.5. The molecule has 0 aliphatic heterocycles. The van der Waals surface area contributed by atoms with Gasteiger partial charge in [0, 0.05) is 29.0 Å². The van der Waals surface area contributed by atoms with Gasteiger partial charge >= 0.3 is 6.03 Å². The number of aryl methyl sites for hydroxylation is 1. The molecular formula is C28H24ClF2N3O. The Labute approximate surface area is 208 Å². The van der Waals surface area contributed by atoms with Gasteiger partial charge in [-0.25, -0.2) is 13.6 Å². The molecule has 35 heavy (non-hydrogen) atoms. The maximum Gasteiger partial charge on any atom is 0.319 e. The van der Waals surface area contributed by atoms with E-state index < -0.39 is 11.6 Å². The zero-order valence-electron chi connectivity index (χ0n) is 19.0. The number of halogens is 3. The molecule has 0 atom stereocenters. The molecular weight excluding hydrogens is 468 g/mol. The Morgan fingerprint density at radius 1 is 0.857 bits per heavy atom. The van der Waals surface area contributed by atoms with Crippen LogP contribution < -0.4 is 16.0 Å². The lowest BCUT2D eigenvalue weighted by molar-refractivity contribution is 0.251. The Hall–Kier alpha value is -3.90. The minimum Gasteiger partial charge on any atom is -0.353 e. The van der Waals surface area contributed by atoms with E-state index >= 15 is 0 Å². The van der Waals surface area contributed by atoms with Crippen molar-refractivity contribution in [1.29, 1.82) is 0 Å². The molecule has 0 aliphatic carbocycles. The first-order chi connectivity index (χ1) is 16.9. The predicted molar refractivity (Wildman–Crippen MR) is 137 cm³/mol. The monoisotopic (exact) mass is 491 g/mol. The highest BCUT2D eigenvalue weighted by molar-refractivity contribution is 6.31. The van der Waals surface area contributed by atoms with E-state index in [4.69, 9.17) is 11.6 Å². The van der Waals surface area contributed by atoms with Crippen LogP contribution in [0.5, 0.6) is 0 Å². The van der Waals surface area contributed by atoms with Gasteiger partial charge in [-0.15, -0.1) is 0 Å². The van der Waals surface area contributed by atoms with E-state index in [-0.39, 0.29) is 11.7 Å². The summed E-state index contributed by atoms with van der Waals surface area (Å²) >= 11 is 6.51. The van der Waals surface area contributed by atoms with Crippen LogP contribution in [0.15, 0.2) is 84.9 Å². The normalized spacial score (nSPS) is 10.6. The number of nitrogens with one attached hydrogen (secondary N) is 3. The summed E-state index contributed by atoms with van der Waals surface area (Å²) in [5.41, 5.74) is 5.40. The largest absolute Gasteiger partial charge is 0.353 e. The molecule has 0 aromatic heterocycles. The molecule has 0 bridgehead atoms. The first-order valence-electron chi connectivity index (χ1n) is 11.1. The Morgan fingerprint density at radius 2 is 1.63 bits per heavy atom. The van der Waals surface area contributed by atoms with Crippen molar-refractivity contribution in [2.75, 3.05) is 10.6 Å². The SMILES string of the molecule is Cc1ccc(NC(=O)NCc2ccccc2)cc1Cc1ccc(Nc2ccc(F)cc2F)cc1Cl. The smallest absolute Gasteiger partial charge is 0.319 e. The zero-order valence-corrected chi connectivity index (χ0v) is 19.8. The van der Waals surface area contributed by atoms with Crippen LogP contribution in [0.2, 0.25) is 5.02 Å². The molecule has 0 saturated carbocycles. The van der Waals surface area contributed by atoms with E-state index in [1.807, 2.05) is 61.5 Å². The highest BCUT2D eigenvalue weighted by Crippen LogP contribution is 2.28. The number of carbonyl (C=O) groups excluding carboxylic acids is 1. The number of hydrogen-bond donors (Lipinski definition) is 3. The fourth-order valence-electron chi connectivity index (χ4n) is 3.61. The quantitative estimate of drug-likeness (QED) is 0.249. The molecule has 0 unspecified atom stereocenters. The molecule has 4 nitrogen and oxygen atoms in total. The summed E-state index contributed by atoms with van der Waals surface area (Å²) in [6, 6.07) is 23.8. The van der Waals surface area contributed by atoms with Gasteiger partial charge in [-0.3, -0.25) is 0 Å². The molecule has 0 spiro atoms. The molecule has 4 rings (SSSR count). The molecule has 4 aromatic rings. The fraction of sp³-hybridized carbons (Fsp3) is 0.107.